The fourth-order valence-electron chi connectivity index (χ4n) is 3.30. The number of fused-ring (bicyclic) bond motifs is 3. The summed E-state index contributed by atoms with van der Waals surface area (Å²) in [7, 11) is 0. The van der Waals surface area contributed by atoms with Crippen molar-refractivity contribution in [2.45, 2.75) is 0 Å². The second-order valence-corrected chi connectivity index (χ2v) is 6.47. The SMILES string of the molecule is Nc1ncnc2c1ncn2-c1nc(-c2nc(N)c3[nH]cnc3n2)c2ccccc2n1. The van der Waals surface area contributed by atoms with Crippen LogP contribution in [-0.4, -0.2) is 49.4 Å². The molecule has 0 fully saturated rings. The standard InChI is InChI=1S/C18H12N12/c19-13-12-17(24-6-22-13)30(7-25-12)18-26-9-4-2-1-3-8(9)10(27-18)16-28-14(20)11-15(29-16)23-5-21-11/h1-7H,(H2,19,22,24)(H3,20,21,23,28,29). The molecule has 12 nitrogen and oxygen atoms in total. The van der Waals surface area contributed by atoms with Crippen molar-refractivity contribution < 1.29 is 0 Å². The monoisotopic (exact) mass is 396 g/mol. The Balaban J connectivity index is 1.66. The number of hydrogen-bond acceptors (Lipinski definition) is 10. The molecule has 30 heavy (non-hydrogen) atoms. The Labute approximate surface area is 167 Å². The summed E-state index contributed by atoms with van der Waals surface area (Å²) in [6, 6.07) is 7.56. The van der Waals surface area contributed by atoms with Gasteiger partial charge in [-0.05, 0) is 6.07 Å². The van der Waals surface area contributed by atoms with Crippen LogP contribution < -0.4 is 11.5 Å². The van der Waals surface area contributed by atoms with E-state index in [0.717, 1.165) is 5.39 Å². The summed E-state index contributed by atoms with van der Waals surface area (Å²) in [4.78, 5) is 38.0. The Kier molecular flexibility index (Phi) is 3.18. The number of aromatic amines is 1. The van der Waals surface area contributed by atoms with Gasteiger partial charge in [0.15, 0.2) is 34.3 Å². The van der Waals surface area contributed by atoms with Gasteiger partial charge in [-0.2, -0.15) is 0 Å². The molecule has 1 aromatic carbocycles. The van der Waals surface area contributed by atoms with Crippen LogP contribution in [0.3, 0.4) is 0 Å². The number of benzene rings is 1. The van der Waals surface area contributed by atoms with Gasteiger partial charge in [0.05, 0.1) is 11.8 Å². The van der Waals surface area contributed by atoms with Crippen molar-refractivity contribution in [1.29, 1.82) is 0 Å². The quantitative estimate of drug-likeness (QED) is 0.386. The van der Waals surface area contributed by atoms with E-state index in [-0.39, 0.29) is 11.6 Å². The third-order valence-electron chi connectivity index (χ3n) is 4.69. The van der Waals surface area contributed by atoms with Gasteiger partial charge in [-0.3, -0.25) is 4.57 Å². The van der Waals surface area contributed by atoms with E-state index < -0.39 is 0 Å². The normalized spacial score (nSPS) is 11.6. The van der Waals surface area contributed by atoms with Gasteiger partial charge in [-0.1, -0.05) is 18.2 Å². The topological polar surface area (TPSA) is 176 Å². The van der Waals surface area contributed by atoms with Crippen LogP contribution in [0.5, 0.6) is 0 Å². The van der Waals surface area contributed by atoms with Gasteiger partial charge in [0.25, 0.3) is 0 Å². The van der Waals surface area contributed by atoms with Crippen LogP contribution in [0.1, 0.15) is 0 Å². The number of imidazole rings is 2. The molecule has 0 saturated heterocycles. The summed E-state index contributed by atoms with van der Waals surface area (Å²) < 4.78 is 1.64. The number of hydrogen-bond donors (Lipinski definition) is 3. The molecule has 6 rings (SSSR count). The predicted octanol–water partition coefficient (Wildman–Crippen LogP) is 1.26. The smallest absolute Gasteiger partial charge is 0.237 e. The van der Waals surface area contributed by atoms with Crippen molar-refractivity contribution >= 4 is 44.9 Å². The van der Waals surface area contributed by atoms with Crippen molar-refractivity contribution in [1.82, 2.24) is 49.4 Å². The first-order chi connectivity index (χ1) is 14.7. The Hall–Kier alpha value is -4.74. The van der Waals surface area contributed by atoms with Crippen molar-refractivity contribution in [3.63, 3.8) is 0 Å². The summed E-state index contributed by atoms with van der Waals surface area (Å²) in [5.74, 6) is 1.24. The van der Waals surface area contributed by atoms with Gasteiger partial charge < -0.3 is 16.5 Å². The number of rotatable bonds is 2. The maximum Gasteiger partial charge on any atom is 0.237 e. The van der Waals surface area contributed by atoms with Crippen LogP contribution in [0, 0.1) is 0 Å². The zero-order valence-electron chi connectivity index (χ0n) is 15.2. The highest BCUT2D eigenvalue weighted by molar-refractivity contribution is 5.93. The van der Waals surface area contributed by atoms with E-state index >= 15 is 0 Å². The van der Waals surface area contributed by atoms with E-state index in [1.807, 2.05) is 24.3 Å². The molecular weight excluding hydrogens is 384 g/mol. The van der Waals surface area contributed by atoms with Crippen LogP contribution in [0.15, 0.2) is 43.2 Å². The zero-order valence-corrected chi connectivity index (χ0v) is 15.2. The summed E-state index contributed by atoms with van der Waals surface area (Å²) in [5.41, 5.74) is 15.2. The Morgan fingerprint density at radius 3 is 2.70 bits per heavy atom. The van der Waals surface area contributed by atoms with Gasteiger partial charge in [0.1, 0.15) is 23.9 Å². The fourth-order valence-corrected chi connectivity index (χ4v) is 3.30. The molecule has 5 heterocycles. The molecule has 0 aliphatic heterocycles. The summed E-state index contributed by atoms with van der Waals surface area (Å²) >= 11 is 0. The van der Waals surface area contributed by atoms with E-state index in [2.05, 4.69) is 39.9 Å². The van der Waals surface area contributed by atoms with Gasteiger partial charge in [-0.15, -0.1) is 0 Å². The number of H-pyrrole nitrogens is 1. The molecule has 0 atom stereocenters. The first-order valence-corrected chi connectivity index (χ1v) is 8.86. The Bertz CT molecular complexity index is 1580. The lowest BCUT2D eigenvalue weighted by Crippen LogP contribution is -2.06. The lowest BCUT2D eigenvalue weighted by Gasteiger charge is -2.09. The van der Waals surface area contributed by atoms with Crippen LogP contribution in [0.4, 0.5) is 11.6 Å². The second-order valence-electron chi connectivity index (χ2n) is 6.47. The highest BCUT2D eigenvalue weighted by Crippen LogP contribution is 2.27. The molecule has 0 spiro atoms. The van der Waals surface area contributed by atoms with Crippen molar-refractivity contribution in [3.8, 4) is 17.5 Å². The minimum atomic E-state index is 0.278. The third kappa shape index (κ3) is 2.27. The first-order valence-electron chi connectivity index (χ1n) is 8.86. The molecule has 0 radical (unpaired) electrons. The predicted molar refractivity (Wildman–Crippen MR) is 109 cm³/mol. The molecular formula is C18H12N12. The van der Waals surface area contributed by atoms with Crippen LogP contribution in [0.25, 0.3) is 50.7 Å². The molecule has 0 aliphatic carbocycles. The summed E-state index contributed by atoms with van der Waals surface area (Å²) in [6.07, 6.45) is 4.44. The molecule has 5 N–H and O–H groups in total. The third-order valence-corrected chi connectivity index (χ3v) is 4.69. The molecule has 0 unspecified atom stereocenters. The van der Waals surface area contributed by atoms with E-state index in [4.69, 9.17) is 16.5 Å². The highest BCUT2D eigenvalue weighted by Gasteiger charge is 2.18. The van der Waals surface area contributed by atoms with Gasteiger partial charge in [0, 0.05) is 5.39 Å². The summed E-state index contributed by atoms with van der Waals surface area (Å²) in [5, 5.41) is 0.772. The number of para-hydroxylation sites is 1. The average molecular weight is 396 g/mol. The molecule has 0 amide bonds. The maximum absolute atomic E-state index is 6.09. The van der Waals surface area contributed by atoms with E-state index in [0.29, 0.717) is 45.3 Å². The molecule has 0 aliphatic rings. The molecule has 6 aromatic rings. The van der Waals surface area contributed by atoms with Gasteiger partial charge in [-0.25, -0.2) is 39.9 Å². The lowest BCUT2D eigenvalue weighted by atomic mass is 10.2. The minimum Gasteiger partial charge on any atom is -0.382 e. The van der Waals surface area contributed by atoms with Crippen LogP contribution >= 0.6 is 0 Å². The summed E-state index contributed by atoms with van der Waals surface area (Å²) in [6.45, 7) is 0. The fraction of sp³-hybridized carbons (Fsp3) is 0. The number of nitrogens with two attached hydrogens (primary N) is 2. The van der Waals surface area contributed by atoms with E-state index in [9.17, 15) is 0 Å². The number of anilines is 2. The number of aromatic nitrogens is 10. The first kappa shape index (κ1) is 16.2. The van der Waals surface area contributed by atoms with E-state index in [1.54, 1.807) is 10.9 Å². The van der Waals surface area contributed by atoms with Crippen molar-refractivity contribution in [3.05, 3.63) is 43.2 Å². The minimum absolute atomic E-state index is 0.278. The van der Waals surface area contributed by atoms with Crippen molar-refractivity contribution in [2.75, 3.05) is 11.5 Å². The molecule has 12 heteroatoms. The maximum atomic E-state index is 6.09. The van der Waals surface area contributed by atoms with Gasteiger partial charge >= 0.3 is 0 Å². The number of nitrogens with one attached hydrogen (secondary N) is 1. The zero-order chi connectivity index (χ0) is 20.2. The molecule has 5 aromatic heterocycles. The highest BCUT2D eigenvalue weighted by atomic mass is 15.2. The van der Waals surface area contributed by atoms with Crippen LogP contribution in [0.2, 0.25) is 0 Å². The number of nitrogen functional groups attached to an aromatic ring is 2. The van der Waals surface area contributed by atoms with E-state index in [1.165, 1.54) is 12.7 Å². The molecule has 0 saturated carbocycles. The Morgan fingerprint density at radius 2 is 1.77 bits per heavy atom. The van der Waals surface area contributed by atoms with Crippen LogP contribution in [-0.2, 0) is 0 Å². The van der Waals surface area contributed by atoms with Gasteiger partial charge in [0.2, 0.25) is 5.95 Å². The second kappa shape index (κ2) is 5.88. The largest absolute Gasteiger partial charge is 0.382 e. The molecule has 0 bridgehead atoms. The molecule has 144 valence electrons. The van der Waals surface area contributed by atoms with Crippen molar-refractivity contribution in [2.24, 2.45) is 0 Å². The average Bonchev–Trinajstić information content (AvgIpc) is 3.41. The lowest BCUT2D eigenvalue weighted by molar-refractivity contribution is 0.949. The number of nitrogens with zero attached hydrogens (tertiary/aromatic N) is 9. The Morgan fingerprint density at radius 1 is 0.867 bits per heavy atom.